The second kappa shape index (κ2) is 9.06. The van der Waals surface area contributed by atoms with Gasteiger partial charge in [0.1, 0.15) is 5.75 Å². The number of para-hydroxylation sites is 2. The van der Waals surface area contributed by atoms with E-state index in [1.54, 1.807) is 54.4 Å². The molecule has 1 N–H and O–H groups in total. The van der Waals surface area contributed by atoms with Gasteiger partial charge in [0.25, 0.3) is 11.8 Å². The lowest BCUT2D eigenvalue weighted by Crippen LogP contribution is -2.26. The Kier molecular flexibility index (Phi) is 6.29. The molecule has 0 aliphatic heterocycles. The van der Waals surface area contributed by atoms with E-state index in [0.717, 1.165) is 5.69 Å². The van der Waals surface area contributed by atoms with Crippen LogP contribution in [0.3, 0.4) is 0 Å². The highest BCUT2D eigenvalue weighted by atomic mass is 16.5. The molecule has 0 atom stereocenters. The summed E-state index contributed by atoms with van der Waals surface area (Å²) in [5, 5.41) is 2.86. The van der Waals surface area contributed by atoms with Crippen molar-refractivity contribution in [2.45, 2.75) is 20.0 Å². The normalized spacial score (nSPS) is 10.5. The van der Waals surface area contributed by atoms with Crippen LogP contribution >= 0.6 is 0 Å². The summed E-state index contributed by atoms with van der Waals surface area (Å²) < 4.78 is 5.71. The quantitative estimate of drug-likeness (QED) is 0.646. The van der Waals surface area contributed by atoms with Crippen LogP contribution in [0.15, 0.2) is 78.9 Å². The molecular weight excluding hydrogens is 364 g/mol. The molecule has 29 heavy (non-hydrogen) atoms. The summed E-state index contributed by atoms with van der Waals surface area (Å²) in [5.74, 6) is 0.155. The van der Waals surface area contributed by atoms with Crippen LogP contribution in [-0.2, 0) is 0 Å². The molecule has 3 aromatic rings. The van der Waals surface area contributed by atoms with E-state index in [1.807, 2.05) is 50.2 Å². The van der Waals surface area contributed by atoms with Gasteiger partial charge in [0.2, 0.25) is 0 Å². The van der Waals surface area contributed by atoms with E-state index in [4.69, 9.17) is 4.74 Å². The Morgan fingerprint density at radius 3 is 2.14 bits per heavy atom. The van der Waals surface area contributed by atoms with Crippen LogP contribution in [0.5, 0.6) is 5.75 Å². The molecule has 0 bridgehead atoms. The summed E-state index contributed by atoms with van der Waals surface area (Å²) in [6, 6.07) is 23.4. The summed E-state index contributed by atoms with van der Waals surface area (Å²) >= 11 is 0. The number of carbonyl (C=O) groups is 2. The van der Waals surface area contributed by atoms with Crippen molar-refractivity contribution in [2.24, 2.45) is 0 Å². The highest BCUT2D eigenvalue weighted by molar-refractivity contribution is 6.08. The lowest BCUT2D eigenvalue weighted by Gasteiger charge is -2.17. The third-order valence-electron chi connectivity index (χ3n) is 4.33. The molecule has 0 saturated carbocycles. The zero-order valence-electron chi connectivity index (χ0n) is 16.8. The second-order valence-electron chi connectivity index (χ2n) is 6.89. The molecule has 0 heterocycles. The van der Waals surface area contributed by atoms with Crippen molar-refractivity contribution in [3.63, 3.8) is 0 Å². The number of rotatable bonds is 6. The molecule has 0 aromatic heterocycles. The van der Waals surface area contributed by atoms with E-state index in [0.29, 0.717) is 22.6 Å². The third kappa shape index (κ3) is 5.02. The van der Waals surface area contributed by atoms with Gasteiger partial charge in [0.15, 0.2) is 0 Å². The molecule has 3 aromatic carbocycles. The van der Waals surface area contributed by atoms with Gasteiger partial charge in [-0.2, -0.15) is 0 Å². The van der Waals surface area contributed by atoms with Crippen molar-refractivity contribution >= 4 is 23.2 Å². The van der Waals surface area contributed by atoms with E-state index < -0.39 is 0 Å². The number of anilines is 2. The molecule has 3 rings (SSSR count). The van der Waals surface area contributed by atoms with Gasteiger partial charge in [-0.15, -0.1) is 0 Å². The van der Waals surface area contributed by atoms with Crippen LogP contribution in [0.2, 0.25) is 0 Å². The molecule has 0 spiro atoms. The Morgan fingerprint density at radius 2 is 1.48 bits per heavy atom. The monoisotopic (exact) mass is 388 g/mol. The van der Waals surface area contributed by atoms with E-state index in [9.17, 15) is 9.59 Å². The summed E-state index contributed by atoms with van der Waals surface area (Å²) in [6.07, 6.45) is -0.0316. The fourth-order valence-corrected chi connectivity index (χ4v) is 2.87. The molecular formula is C24H24N2O3. The molecule has 2 amide bonds. The highest BCUT2D eigenvalue weighted by Crippen LogP contribution is 2.22. The SMILES string of the molecule is CC(C)Oc1ccccc1C(=O)Nc1ccc(C(=O)N(C)c2ccccc2)cc1. The Hall–Kier alpha value is -3.60. The molecule has 148 valence electrons. The first-order chi connectivity index (χ1) is 14.0. The van der Waals surface area contributed by atoms with Crippen molar-refractivity contribution in [1.29, 1.82) is 0 Å². The minimum absolute atomic E-state index is 0.0316. The summed E-state index contributed by atoms with van der Waals surface area (Å²) in [5.41, 5.74) is 2.42. The van der Waals surface area contributed by atoms with E-state index in [1.165, 1.54) is 0 Å². The third-order valence-corrected chi connectivity index (χ3v) is 4.33. The maximum Gasteiger partial charge on any atom is 0.259 e. The summed E-state index contributed by atoms with van der Waals surface area (Å²) in [7, 11) is 1.74. The van der Waals surface area contributed by atoms with Crippen molar-refractivity contribution in [3.05, 3.63) is 90.0 Å². The van der Waals surface area contributed by atoms with Gasteiger partial charge >= 0.3 is 0 Å². The van der Waals surface area contributed by atoms with E-state index >= 15 is 0 Å². The molecule has 0 radical (unpaired) electrons. The van der Waals surface area contributed by atoms with Gasteiger partial charge in [-0.1, -0.05) is 30.3 Å². The maximum absolute atomic E-state index is 12.7. The lowest BCUT2D eigenvalue weighted by atomic mass is 10.1. The molecule has 0 unspecified atom stereocenters. The zero-order valence-corrected chi connectivity index (χ0v) is 16.8. The minimum atomic E-state index is -0.262. The Bertz CT molecular complexity index is 983. The van der Waals surface area contributed by atoms with Crippen LogP contribution in [-0.4, -0.2) is 25.0 Å². The molecule has 0 aliphatic carbocycles. The molecule has 0 saturated heterocycles. The smallest absolute Gasteiger partial charge is 0.259 e. The highest BCUT2D eigenvalue weighted by Gasteiger charge is 2.15. The molecule has 0 fully saturated rings. The van der Waals surface area contributed by atoms with Gasteiger partial charge in [-0.25, -0.2) is 0 Å². The molecule has 5 heteroatoms. The van der Waals surface area contributed by atoms with Crippen LogP contribution in [0.4, 0.5) is 11.4 Å². The predicted octanol–water partition coefficient (Wildman–Crippen LogP) is 5.00. The number of benzene rings is 3. The molecule has 0 aliphatic rings. The summed E-state index contributed by atoms with van der Waals surface area (Å²) in [6.45, 7) is 3.83. The van der Waals surface area contributed by atoms with Crippen molar-refractivity contribution < 1.29 is 14.3 Å². The van der Waals surface area contributed by atoms with Gasteiger partial charge < -0.3 is 15.0 Å². The Balaban J connectivity index is 1.71. The number of nitrogens with zero attached hydrogens (tertiary/aromatic N) is 1. The van der Waals surface area contributed by atoms with Crippen molar-refractivity contribution in [1.82, 2.24) is 0 Å². The topological polar surface area (TPSA) is 58.6 Å². The fraction of sp³-hybridized carbons (Fsp3) is 0.167. The van der Waals surface area contributed by atoms with Crippen LogP contribution in [0, 0.1) is 0 Å². The van der Waals surface area contributed by atoms with Crippen LogP contribution in [0.25, 0.3) is 0 Å². The predicted molar refractivity (Wildman–Crippen MR) is 116 cm³/mol. The summed E-state index contributed by atoms with van der Waals surface area (Å²) in [4.78, 5) is 26.9. The average molecular weight is 388 g/mol. The number of hydrogen-bond donors (Lipinski definition) is 1. The maximum atomic E-state index is 12.7. The number of amides is 2. The first-order valence-corrected chi connectivity index (χ1v) is 9.46. The second-order valence-corrected chi connectivity index (χ2v) is 6.89. The first-order valence-electron chi connectivity index (χ1n) is 9.46. The number of hydrogen-bond acceptors (Lipinski definition) is 3. The zero-order chi connectivity index (χ0) is 20.8. The van der Waals surface area contributed by atoms with Crippen molar-refractivity contribution in [3.8, 4) is 5.75 Å². The number of ether oxygens (including phenoxy) is 1. The average Bonchev–Trinajstić information content (AvgIpc) is 2.74. The van der Waals surface area contributed by atoms with Crippen LogP contribution in [0.1, 0.15) is 34.6 Å². The first kappa shape index (κ1) is 20.1. The number of nitrogens with one attached hydrogen (secondary N) is 1. The largest absolute Gasteiger partial charge is 0.490 e. The Morgan fingerprint density at radius 1 is 0.862 bits per heavy atom. The Labute approximate surface area is 170 Å². The van der Waals surface area contributed by atoms with Gasteiger partial charge in [-0.3, -0.25) is 9.59 Å². The van der Waals surface area contributed by atoms with E-state index in [2.05, 4.69) is 5.32 Å². The standard InChI is InChI=1S/C24H24N2O3/c1-17(2)29-22-12-8-7-11-21(22)23(27)25-19-15-13-18(14-16-19)24(28)26(3)20-9-5-4-6-10-20/h4-17H,1-3H3,(H,25,27). The van der Waals surface area contributed by atoms with Crippen molar-refractivity contribution in [2.75, 3.05) is 17.3 Å². The minimum Gasteiger partial charge on any atom is -0.490 e. The lowest BCUT2D eigenvalue weighted by molar-refractivity contribution is 0.0991. The number of carbonyl (C=O) groups excluding carboxylic acids is 2. The fourth-order valence-electron chi connectivity index (χ4n) is 2.87. The van der Waals surface area contributed by atoms with Gasteiger partial charge in [0.05, 0.1) is 11.7 Å². The van der Waals surface area contributed by atoms with E-state index in [-0.39, 0.29) is 17.9 Å². The molecule has 5 nitrogen and oxygen atoms in total. The van der Waals surface area contributed by atoms with Gasteiger partial charge in [-0.05, 0) is 62.4 Å². The van der Waals surface area contributed by atoms with Crippen LogP contribution < -0.4 is 15.0 Å². The van der Waals surface area contributed by atoms with Gasteiger partial charge in [0, 0.05) is 24.0 Å².